The summed E-state index contributed by atoms with van der Waals surface area (Å²) in [5, 5.41) is 2.71. The molecule has 0 aromatic carbocycles. The van der Waals surface area contributed by atoms with Crippen molar-refractivity contribution in [2.45, 2.75) is 31.8 Å². The van der Waals surface area contributed by atoms with Gasteiger partial charge in [0.15, 0.2) is 0 Å². The number of carbonyl (C=O) groups is 2. The lowest BCUT2D eigenvalue weighted by Gasteiger charge is -2.09. The van der Waals surface area contributed by atoms with Crippen LogP contribution in [-0.2, 0) is 14.3 Å². The molecule has 1 saturated heterocycles. The first-order valence-electron chi connectivity index (χ1n) is 4.85. The fraction of sp³-hybridized carbons (Fsp3) is 0.778. The van der Waals surface area contributed by atoms with Crippen molar-refractivity contribution in [1.82, 2.24) is 5.32 Å². The highest BCUT2D eigenvalue weighted by Crippen LogP contribution is 2.10. The van der Waals surface area contributed by atoms with Crippen molar-refractivity contribution in [3.63, 3.8) is 0 Å². The number of ether oxygens (including phenoxy) is 1. The molecular formula is C9H16N2O3. The van der Waals surface area contributed by atoms with Gasteiger partial charge >= 0.3 is 0 Å². The number of amides is 2. The molecule has 0 aromatic heterocycles. The highest BCUT2D eigenvalue weighted by Gasteiger charge is 2.15. The lowest BCUT2D eigenvalue weighted by molar-refractivity contribution is -0.125. The van der Waals surface area contributed by atoms with E-state index in [1.165, 1.54) is 0 Å². The smallest absolute Gasteiger partial charge is 0.220 e. The average Bonchev–Trinajstić information content (AvgIpc) is 2.63. The molecule has 1 atom stereocenters. The Morgan fingerprint density at radius 1 is 1.43 bits per heavy atom. The third kappa shape index (κ3) is 4.23. The van der Waals surface area contributed by atoms with Crippen molar-refractivity contribution < 1.29 is 14.3 Å². The maximum Gasteiger partial charge on any atom is 0.220 e. The van der Waals surface area contributed by atoms with Crippen molar-refractivity contribution in [2.24, 2.45) is 5.73 Å². The molecule has 5 heteroatoms. The summed E-state index contributed by atoms with van der Waals surface area (Å²) in [6.07, 6.45) is 2.48. The molecule has 1 fully saturated rings. The standard InChI is InChI=1S/C9H16N2O3/c10-8(12)3-4-9(13)11-6-7-2-1-5-14-7/h7H,1-6H2,(H2,10,12)(H,11,13)/t7-/m0/s1. The monoisotopic (exact) mass is 200 g/mol. The van der Waals surface area contributed by atoms with Crippen LogP contribution in [0, 0.1) is 0 Å². The molecule has 0 unspecified atom stereocenters. The van der Waals surface area contributed by atoms with E-state index >= 15 is 0 Å². The molecule has 3 N–H and O–H groups in total. The second kappa shape index (κ2) is 5.59. The van der Waals surface area contributed by atoms with Crippen molar-refractivity contribution in [3.8, 4) is 0 Å². The van der Waals surface area contributed by atoms with E-state index in [0.29, 0.717) is 6.54 Å². The molecule has 80 valence electrons. The molecule has 1 rings (SSSR count). The van der Waals surface area contributed by atoms with Crippen LogP contribution in [0.25, 0.3) is 0 Å². The number of primary amides is 1. The summed E-state index contributed by atoms with van der Waals surface area (Å²) in [5.41, 5.74) is 4.92. The van der Waals surface area contributed by atoms with Crippen LogP contribution in [0.1, 0.15) is 25.7 Å². The third-order valence-corrected chi connectivity index (χ3v) is 2.15. The fourth-order valence-electron chi connectivity index (χ4n) is 1.36. The SMILES string of the molecule is NC(=O)CCC(=O)NC[C@@H]1CCCO1. The van der Waals surface area contributed by atoms with E-state index in [9.17, 15) is 9.59 Å². The number of nitrogens with one attached hydrogen (secondary N) is 1. The highest BCUT2D eigenvalue weighted by molar-refractivity contribution is 5.82. The predicted octanol–water partition coefficient (Wildman–Crippen LogP) is -0.453. The van der Waals surface area contributed by atoms with Crippen LogP contribution in [0.4, 0.5) is 0 Å². The second-order valence-corrected chi connectivity index (χ2v) is 3.41. The van der Waals surface area contributed by atoms with E-state index in [2.05, 4.69) is 5.32 Å². The van der Waals surface area contributed by atoms with Gasteiger partial charge in [-0.3, -0.25) is 9.59 Å². The van der Waals surface area contributed by atoms with Gasteiger partial charge < -0.3 is 15.8 Å². The Morgan fingerprint density at radius 3 is 2.79 bits per heavy atom. The predicted molar refractivity (Wildman–Crippen MR) is 50.4 cm³/mol. The fourth-order valence-corrected chi connectivity index (χ4v) is 1.36. The number of nitrogens with two attached hydrogens (primary N) is 1. The molecule has 0 saturated carbocycles. The van der Waals surface area contributed by atoms with Gasteiger partial charge in [0, 0.05) is 26.0 Å². The molecule has 0 aliphatic carbocycles. The van der Waals surface area contributed by atoms with Crippen LogP contribution in [0.2, 0.25) is 0 Å². The zero-order chi connectivity index (χ0) is 10.4. The zero-order valence-electron chi connectivity index (χ0n) is 8.12. The average molecular weight is 200 g/mol. The van der Waals surface area contributed by atoms with Crippen LogP contribution < -0.4 is 11.1 Å². The van der Waals surface area contributed by atoms with E-state index in [0.717, 1.165) is 19.4 Å². The molecule has 0 aromatic rings. The molecule has 0 bridgehead atoms. The normalized spacial score (nSPS) is 20.7. The molecule has 0 radical (unpaired) electrons. The van der Waals surface area contributed by atoms with Gasteiger partial charge in [0.1, 0.15) is 0 Å². The Balaban J connectivity index is 2.05. The van der Waals surface area contributed by atoms with Gasteiger partial charge in [0.05, 0.1) is 6.10 Å². The summed E-state index contributed by atoms with van der Waals surface area (Å²) in [4.78, 5) is 21.5. The summed E-state index contributed by atoms with van der Waals surface area (Å²) in [5.74, 6) is -0.587. The molecule has 2 amide bonds. The van der Waals surface area contributed by atoms with Crippen molar-refractivity contribution in [2.75, 3.05) is 13.2 Å². The van der Waals surface area contributed by atoms with Gasteiger partial charge in [-0.25, -0.2) is 0 Å². The molecule has 5 nitrogen and oxygen atoms in total. The third-order valence-electron chi connectivity index (χ3n) is 2.15. The molecule has 0 spiro atoms. The van der Waals surface area contributed by atoms with Gasteiger partial charge in [0.25, 0.3) is 0 Å². The number of rotatable bonds is 5. The van der Waals surface area contributed by atoms with Gasteiger partial charge in [-0.05, 0) is 12.8 Å². The Kier molecular flexibility index (Phi) is 4.39. The van der Waals surface area contributed by atoms with E-state index in [1.807, 2.05) is 0 Å². The van der Waals surface area contributed by atoms with Crippen molar-refractivity contribution in [3.05, 3.63) is 0 Å². The minimum atomic E-state index is -0.447. The van der Waals surface area contributed by atoms with Gasteiger partial charge in [-0.1, -0.05) is 0 Å². The van der Waals surface area contributed by atoms with Crippen LogP contribution in [0.5, 0.6) is 0 Å². The topological polar surface area (TPSA) is 81.4 Å². The highest BCUT2D eigenvalue weighted by atomic mass is 16.5. The molecule has 14 heavy (non-hydrogen) atoms. The van der Waals surface area contributed by atoms with Crippen molar-refractivity contribution in [1.29, 1.82) is 0 Å². The zero-order valence-corrected chi connectivity index (χ0v) is 8.12. The van der Waals surface area contributed by atoms with Crippen LogP contribution in [0.3, 0.4) is 0 Å². The number of hydrogen-bond donors (Lipinski definition) is 2. The summed E-state index contributed by atoms with van der Waals surface area (Å²) in [7, 11) is 0. The Morgan fingerprint density at radius 2 is 2.21 bits per heavy atom. The lowest BCUT2D eigenvalue weighted by Crippen LogP contribution is -2.32. The molecule has 1 aliphatic heterocycles. The second-order valence-electron chi connectivity index (χ2n) is 3.41. The molecule has 1 heterocycles. The molecule has 1 aliphatic rings. The summed E-state index contributed by atoms with van der Waals surface area (Å²) < 4.78 is 5.32. The van der Waals surface area contributed by atoms with Gasteiger partial charge in [-0.2, -0.15) is 0 Å². The Hall–Kier alpha value is -1.10. The van der Waals surface area contributed by atoms with E-state index in [1.54, 1.807) is 0 Å². The maximum atomic E-state index is 11.1. The quantitative estimate of drug-likeness (QED) is 0.630. The minimum Gasteiger partial charge on any atom is -0.376 e. The first-order chi connectivity index (χ1) is 6.68. The van der Waals surface area contributed by atoms with Gasteiger partial charge in [0.2, 0.25) is 11.8 Å². The van der Waals surface area contributed by atoms with Gasteiger partial charge in [-0.15, -0.1) is 0 Å². The van der Waals surface area contributed by atoms with E-state index < -0.39 is 5.91 Å². The first-order valence-corrected chi connectivity index (χ1v) is 4.85. The first kappa shape index (κ1) is 11.0. The minimum absolute atomic E-state index is 0.108. The van der Waals surface area contributed by atoms with Crippen LogP contribution in [0.15, 0.2) is 0 Å². The van der Waals surface area contributed by atoms with Crippen LogP contribution >= 0.6 is 0 Å². The Labute approximate surface area is 83.0 Å². The largest absolute Gasteiger partial charge is 0.376 e. The summed E-state index contributed by atoms with van der Waals surface area (Å²) in [6.45, 7) is 1.32. The number of hydrogen-bond acceptors (Lipinski definition) is 3. The van der Waals surface area contributed by atoms with Crippen LogP contribution in [-0.4, -0.2) is 31.1 Å². The maximum absolute atomic E-state index is 11.1. The lowest BCUT2D eigenvalue weighted by atomic mass is 10.2. The molecular weight excluding hydrogens is 184 g/mol. The Bertz CT molecular complexity index is 212. The number of carbonyl (C=O) groups excluding carboxylic acids is 2. The van der Waals surface area contributed by atoms with Crippen molar-refractivity contribution >= 4 is 11.8 Å². The summed E-state index contributed by atoms with van der Waals surface area (Å²) in [6, 6.07) is 0. The summed E-state index contributed by atoms with van der Waals surface area (Å²) >= 11 is 0. The van der Waals surface area contributed by atoms with E-state index in [-0.39, 0.29) is 24.9 Å². The van der Waals surface area contributed by atoms with E-state index in [4.69, 9.17) is 10.5 Å².